The zero-order valence-electron chi connectivity index (χ0n) is 15.3. The first-order chi connectivity index (χ1) is 10.5. The van der Waals surface area contributed by atoms with Gasteiger partial charge in [0.1, 0.15) is 0 Å². The van der Waals surface area contributed by atoms with Crippen LogP contribution in [0.2, 0.25) is 0 Å². The van der Waals surface area contributed by atoms with Gasteiger partial charge in [0.25, 0.3) is 0 Å². The zero-order valence-corrected chi connectivity index (χ0v) is 15.3. The molecule has 0 spiro atoms. The van der Waals surface area contributed by atoms with E-state index >= 15 is 0 Å². The minimum atomic E-state index is -0.981. The van der Waals surface area contributed by atoms with E-state index in [0.29, 0.717) is 12.2 Å². The van der Waals surface area contributed by atoms with E-state index in [1.807, 2.05) is 0 Å². The molecule has 0 aromatic heterocycles. The summed E-state index contributed by atoms with van der Waals surface area (Å²) in [6.45, 7) is 12.0. The van der Waals surface area contributed by atoms with Gasteiger partial charge in [-0.05, 0) is 25.7 Å². The molecule has 0 rings (SSSR count). The molecule has 3 nitrogen and oxygen atoms in total. The lowest BCUT2D eigenvalue weighted by Crippen LogP contribution is -2.21. The molecule has 0 fully saturated rings. The van der Waals surface area contributed by atoms with Crippen molar-refractivity contribution >= 4 is 5.97 Å². The predicted molar refractivity (Wildman–Crippen MR) is 95.4 cm³/mol. The number of ether oxygens (including phenoxy) is 1. The standard InChI is InChI=1S/C16H34O.C3H4O2/c1-5-9-11-13-15(7-3)17-16(8-4)14-12-10-6-2;1-2-3(4)5/h15-16H,5-14H2,1-4H3;2H,1H2,(H,4,5). The summed E-state index contributed by atoms with van der Waals surface area (Å²) < 4.78 is 6.24. The Hall–Kier alpha value is -0.830. The Morgan fingerprint density at radius 1 is 0.955 bits per heavy atom. The van der Waals surface area contributed by atoms with Gasteiger partial charge in [0, 0.05) is 6.08 Å². The van der Waals surface area contributed by atoms with Crippen molar-refractivity contribution in [3.63, 3.8) is 0 Å². The summed E-state index contributed by atoms with van der Waals surface area (Å²) in [7, 11) is 0. The second-order valence-electron chi connectivity index (χ2n) is 5.73. The van der Waals surface area contributed by atoms with Gasteiger partial charge in [-0.15, -0.1) is 0 Å². The van der Waals surface area contributed by atoms with Crippen LogP contribution in [0.15, 0.2) is 12.7 Å². The molecule has 0 aromatic carbocycles. The maximum Gasteiger partial charge on any atom is 0.327 e. The van der Waals surface area contributed by atoms with Gasteiger partial charge in [0.05, 0.1) is 12.2 Å². The van der Waals surface area contributed by atoms with Gasteiger partial charge in [-0.3, -0.25) is 0 Å². The van der Waals surface area contributed by atoms with Crippen LogP contribution in [-0.2, 0) is 9.53 Å². The van der Waals surface area contributed by atoms with Crippen LogP contribution in [0, 0.1) is 0 Å². The van der Waals surface area contributed by atoms with E-state index in [9.17, 15) is 4.79 Å². The van der Waals surface area contributed by atoms with Crippen molar-refractivity contribution in [2.45, 2.75) is 104 Å². The van der Waals surface area contributed by atoms with Crippen LogP contribution in [-0.4, -0.2) is 23.3 Å². The highest BCUT2D eigenvalue weighted by molar-refractivity contribution is 5.78. The van der Waals surface area contributed by atoms with Crippen LogP contribution in [0.3, 0.4) is 0 Å². The van der Waals surface area contributed by atoms with E-state index in [4.69, 9.17) is 9.84 Å². The van der Waals surface area contributed by atoms with E-state index < -0.39 is 5.97 Å². The molecular weight excluding hydrogens is 276 g/mol. The number of hydrogen-bond acceptors (Lipinski definition) is 2. The first-order valence-electron chi connectivity index (χ1n) is 9.06. The third-order valence-corrected chi connectivity index (χ3v) is 3.73. The minimum Gasteiger partial charge on any atom is -0.478 e. The Labute approximate surface area is 138 Å². The summed E-state index contributed by atoms with van der Waals surface area (Å²) in [5, 5.41) is 7.60. The molecule has 0 amide bonds. The van der Waals surface area contributed by atoms with Crippen molar-refractivity contribution in [2.24, 2.45) is 0 Å². The quantitative estimate of drug-likeness (QED) is 0.336. The summed E-state index contributed by atoms with van der Waals surface area (Å²) in [5.41, 5.74) is 0. The summed E-state index contributed by atoms with van der Waals surface area (Å²) in [5.74, 6) is -0.981. The topological polar surface area (TPSA) is 46.5 Å². The number of carboxylic acid groups (broad SMARTS) is 1. The number of unbranched alkanes of at least 4 members (excludes halogenated alkanes) is 4. The van der Waals surface area contributed by atoms with Crippen molar-refractivity contribution in [2.75, 3.05) is 0 Å². The van der Waals surface area contributed by atoms with Crippen molar-refractivity contribution in [3.05, 3.63) is 12.7 Å². The fourth-order valence-electron chi connectivity index (χ4n) is 2.25. The Bertz CT molecular complexity index is 235. The highest BCUT2D eigenvalue weighted by Gasteiger charge is 2.13. The normalized spacial score (nSPS) is 12.9. The molecule has 0 aromatic rings. The summed E-state index contributed by atoms with van der Waals surface area (Å²) >= 11 is 0. The third-order valence-electron chi connectivity index (χ3n) is 3.73. The van der Waals surface area contributed by atoms with Gasteiger partial charge >= 0.3 is 5.97 Å². The van der Waals surface area contributed by atoms with Gasteiger partial charge in [0.15, 0.2) is 0 Å². The number of hydrogen-bond donors (Lipinski definition) is 1. The van der Waals surface area contributed by atoms with Crippen LogP contribution < -0.4 is 0 Å². The average molecular weight is 315 g/mol. The smallest absolute Gasteiger partial charge is 0.327 e. The lowest BCUT2D eigenvalue weighted by atomic mass is 10.1. The van der Waals surface area contributed by atoms with Crippen LogP contribution in [0.4, 0.5) is 0 Å². The first kappa shape index (κ1) is 23.4. The lowest BCUT2D eigenvalue weighted by Gasteiger charge is -2.23. The van der Waals surface area contributed by atoms with Crippen molar-refractivity contribution in [1.82, 2.24) is 0 Å². The highest BCUT2D eigenvalue weighted by atomic mass is 16.5. The molecule has 2 atom stereocenters. The molecule has 132 valence electrons. The Kier molecular flexibility index (Phi) is 19.4. The molecule has 0 saturated heterocycles. The first-order valence-corrected chi connectivity index (χ1v) is 9.06. The minimum absolute atomic E-state index is 0.508. The SMILES string of the molecule is C=CC(=O)O.CCCCCC(CC)OC(CC)CCCCC. The van der Waals surface area contributed by atoms with Gasteiger partial charge in [-0.2, -0.15) is 0 Å². The lowest BCUT2D eigenvalue weighted by molar-refractivity contribution is -0.131. The molecule has 0 heterocycles. The van der Waals surface area contributed by atoms with E-state index in [2.05, 4.69) is 34.3 Å². The molecule has 0 radical (unpaired) electrons. The maximum atomic E-state index is 9.25. The number of carbonyl (C=O) groups is 1. The number of carboxylic acids is 1. The molecule has 0 aliphatic heterocycles. The van der Waals surface area contributed by atoms with Crippen molar-refractivity contribution < 1.29 is 14.6 Å². The van der Waals surface area contributed by atoms with Gasteiger partial charge in [-0.1, -0.05) is 72.8 Å². The fraction of sp³-hybridized carbons (Fsp3) is 0.842. The van der Waals surface area contributed by atoms with Crippen LogP contribution >= 0.6 is 0 Å². The van der Waals surface area contributed by atoms with Crippen molar-refractivity contribution in [1.29, 1.82) is 0 Å². The van der Waals surface area contributed by atoms with Crippen LogP contribution in [0.5, 0.6) is 0 Å². The van der Waals surface area contributed by atoms with E-state index in [-0.39, 0.29) is 0 Å². The van der Waals surface area contributed by atoms with Crippen LogP contribution in [0.25, 0.3) is 0 Å². The maximum absolute atomic E-state index is 9.25. The fourth-order valence-corrected chi connectivity index (χ4v) is 2.25. The molecule has 3 heteroatoms. The largest absolute Gasteiger partial charge is 0.478 e. The Balaban J connectivity index is 0. The molecule has 22 heavy (non-hydrogen) atoms. The number of aliphatic carboxylic acids is 1. The summed E-state index contributed by atoms with van der Waals surface area (Å²) in [6, 6.07) is 0. The highest BCUT2D eigenvalue weighted by Crippen LogP contribution is 2.17. The molecule has 2 unspecified atom stereocenters. The van der Waals surface area contributed by atoms with Crippen molar-refractivity contribution in [3.8, 4) is 0 Å². The molecule has 0 aliphatic rings. The summed E-state index contributed by atoms with van der Waals surface area (Å²) in [4.78, 5) is 9.25. The second kappa shape index (κ2) is 18.2. The molecule has 1 N–H and O–H groups in total. The van der Waals surface area contributed by atoms with Crippen LogP contribution in [0.1, 0.15) is 91.9 Å². The van der Waals surface area contributed by atoms with Gasteiger partial charge in [0.2, 0.25) is 0 Å². The van der Waals surface area contributed by atoms with Gasteiger partial charge < -0.3 is 9.84 Å². The van der Waals surface area contributed by atoms with E-state index in [1.165, 1.54) is 64.2 Å². The van der Waals surface area contributed by atoms with E-state index in [0.717, 1.165) is 6.08 Å². The Morgan fingerprint density at radius 2 is 1.32 bits per heavy atom. The third kappa shape index (κ3) is 17.2. The average Bonchev–Trinajstić information content (AvgIpc) is 2.53. The predicted octanol–water partition coefficient (Wildman–Crippen LogP) is 5.98. The monoisotopic (exact) mass is 314 g/mol. The second-order valence-corrected chi connectivity index (χ2v) is 5.73. The summed E-state index contributed by atoms with van der Waals surface area (Å²) in [6.07, 6.45) is 14.7. The molecule has 0 aliphatic carbocycles. The molecule has 0 saturated carbocycles. The number of rotatable bonds is 13. The zero-order chi connectivity index (χ0) is 17.2. The molecule has 0 bridgehead atoms. The Morgan fingerprint density at radius 3 is 1.55 bits per heavy atom. The molecular formula is C19H38O3. The van der Waals surface area contributed by atoms with E-state index in [1.54, 1.807) is 0 Å². The van der Waals surface area contributed by atoms with Gasteiger partial charge in [-0.25, -0.2) is 4.79 Å².